The van der Waals surface area contributed by atoms with Crippen LogP contribution >= 0.6 is 11.3 Å². The molecule has 0 unspecified atom stereocenters. The number of nitriles is 1. The number of carbonyl (C=O) groups is 2. The highest BCUT2D eigenvalue weighted by Gasteiger charge is 2.51. The number of aliphatic carboxylic acids is 1. The molecule has 1 aromatic heterocycles. The summed E-state index contributed by atoms with van der Waals surface area (Å²) >= 11 is 1.34. The molecule has 1 amide bonds. The van der Waals surface area contributed by atoms with Gasteiger partial charge in [-0.05, 0) is 42.9 Å². The van der Waals surface area contributed by atoms with Gasteiger partial charge in [-0.2, -0.15) is 5.26 Å². The van der Waals surface area contributed by atoms with Crippen molar-refractivity contribution < 1.29 is 19.4 Å². The predicted octanol–water partition coefficient (Wildman–Crippen LogP) is 4.07. The topological polar surface area (TPSA) is 99.4 Å². The summed E-state index contributed by atoms with van der Waals surface area (Å²) in [6.45, 7) is 1.90. The van der Waals surface area contributed by atoms with Gasteiger partial charge in [-0.25, -0.2) is 0 Å². The lowest BCUT2D eigenvalue weighted by atomic mass is 9.82. The third-order valence-corrected chi connectivity index (χ3v) is 6.88. The molecule has 0 aliphatic heterocycles. The summed E-state index contributed by atoms with van der Waals surface area (Å²) in [6, 6.07) is 9.61. The largest absolute Gasteiger partial charge is 0.497 e. The average molecular weight is 408 g/mol. The number of methoxy groups -OCH3 is 1. The van der Waals surface area contributed by atoms with Gasteiger partial charge in [0.2, 0.25) is 5.91 Å². The molecule has 1 saturated carbocycles. The van der Waals surface area contributed by atoms with Crippen LogP contribution in [0.1, 0.15) is 16.9 Å². The SMILES string of the molecule is COc1ccc(-c2c(C)sc(NC(=O)[C@@H]3[C@@H](C(=O)O)[C@H]4C=C[C@@H]3C4)c2C#N)cc1. The first kappa shape index (κ1) is 19.2. The summed E-state index contributed by atoms with van der Waals surface area (Å²) in [6.07, 6.45) is 4.55. The Morgan fingerprint density at radius 2 is 1.86 bits per heavy atom. The second-order valence-electron chi connectivity index (χ2n) is 7.41. The van der Waals surface area contributed by atoms with Crippen LogP contribution in [-0.4, -0.2) is 24.1 Å². The number of nitrogens with one attached hydrogen (secondary N) is 1. The molecule has 0 radical (unpaired) electrons. The van der Waals surface area contributed by atoms with Gasteiger partial charge in [0, 0.05) is 10.4 Å². The number of benzene rings is 1. The minimum Gasteiger partial charge on any atom is -0.497 e. The van der Waals surface area contributed by atoms with E-state index in [0.29, 0.717) is 17.0 Å². The van der Waals surface area contributed by atoms with Crippen LogP contribution in [0.25, 0.3) is 11.1 Å². The lowest BCUT2D eigenvalue weighted by Crippen LogP contribution is -2.36. The summed E-state index contributed by atoms with van der Waals surface area (Å²) in [5, 5.41) is 22.7. The number of anilines is 1. The second-order valence-corrected chi connectivity index (χ2v) is 8.63. The summed E-state index contributed by atoms with van der Waals surface area (Å²) in [4.78, 5) is 25.6. The highest BCUT2D eigenvalue weighted by Crippen LogP contribution is 2.49. The number of rotatable bonds is 5. The smallest absolute Gasteiger partial charge is 0.307 e. The Balaban J connectivity index is 1.64. The number of nitrogens with zero attached hydrogens (tertiary/aromatic N) is 1. The number of allylic oxidation sites excluding steroid dienone is 2. The van der Waals surface area contributed by atoms with Gasteiger partial charge in [-0.3, -0.25) is 9.59 Å². The number of carbonyl (C=O) groups excluding carboxylic acids is 1. The molecule has 1 fully saturated rings. The van der Waals surface area contributed by atoms with E-state index in [9.17, 15) is 20.0 Å². The molecule has 1 aromatic carbocycles. The van der Waals surface area contributed by atoms with E-state index in [1.165, 1.54) is 11.3 Å². The highest BCUT2D eigenvalue weighted by molar-refractivity contribution is 7.17. The first-order chi connectivity index (χ1) is 13.9. The van der Waals surface area contributed by atoms with Crippen molar-refractivity contribution in [3.05, 3.63) is 46.9 Å². The number of ether oxygens (including phenoxy) is 1. The Hall–Kier alpha value is -3.11. The first-order valence-corrected chi connectivity index (χ1v) is 10.2. The number of aryl methyl sites for hydroxylation is 1. The summed E-state index contributed by atoms with van der Waals surface area (Å²) in [5.41, 5.74) is 2.04. The molecule has 29 heavy (non-hydrogen) atoms. The van der Waals surface area contributed by atoms with Crippen molar-refractivity contribution in [2.45, 2.75) is 13.3 Å². The fraction of sp³-hybridized carbons (Fsp3) is 0.318. The maximum absolute atomic E-state index is 13.0. The summed E-state index contributed by atoms with van der Waals surface area (Å²) in [7, 11) is 1.59. The Morgan fingerprint density at radius 1 is 1.21 bits per heavy atom. The third kappa shape index (κ3) is 3.19. The van der Waals surface area contributed by atoms with Gasteiger partial charge < -0.3 is 15.2 Å². The van der Waals surface area contributed by atoms with Crippen molar-refractivity contribution in [1.82, 2.24) is 0 Å². The highest BCUT2D eigenvalue weighted by atomic mass is 32.1. The number of amides is 1. The molecule has 148 valence electrons. The quantitative estimate of drug-likeness (QED) is 0.727. The molecular weight excluding hydrogens is 388 g/mol. The fourth-order valence-electron chi connectivity index (χ4n) is 4.56. The molecule has 0 spiro atoms. The lowest BCUT2D eigenvalue weighted by molar-refractivity contribution is -0.146. The normalized spacial score (nSPS) is 24.3. The minimum atomic E-state index is -0.941. The van der Waals surface area contributed by atoms with Gasteiger partial charge >= 0.3 is 5.97 Å². The molecule has 2 aromatic rings. The maximum Gasteiger partial charge on any atom is 0.307 e. The molecule has 7 heteroatoms. The van der Waals surface area contributed by atoms with Crippen molar-refractivity contribution in [2.75, 3.05) is 12.4 Å². The van der Waals surface area contributed by atoms with Crippen molar-refractivity contribution >= 4 is 28.2 Å². The number of hydrogen-bond donors (Lipinski definition) is 2. The number of hydrogen-bond acceptors (Lipinski definition) is 5. The molecule has 2 aliphatic carbocycles. The molecule has 2 bridgehead atoms. The van der Waals surface area contributed by atoms with Crippen molar-refractivity contribution in [3.8, 4) is 22.9 Å². The van der Waals surface area contributed by atoms with Gasteiger partial charge in [-0.15, -0.1) is 11.3 Å². The van der Waals surface area contributed by atoms with Crippen LogP contribution in [0, 0.1) is 41.9 Å². The maximum atomic E-state index is 13.0. The van der Waals surface area contributed by atoms with Gasteiger partial charge in [0.15, 0.2) is 0 Å². The lowest BCUT2D eigenvalue weighted by Gasteiger charge is -2.23. The summed E-state index contributed by atoms with van der Waals surface area (Å²) in [5.74, 6) is -2.02. The van der Waals surface area contributed by atoms with E-state index < -0.39 is 17.8 Å². The average Bonchev–Trinajstić information content (AvgIpc) is 3.40. The van der Waals surface area contributed by atoms with Crippen LogP contribution in [0.15, 0.2) is 36.4 Å². The van der Waals surface area contributed by atoms with Gasteiger partial charge in [0.25, 0.3) is 0 Å². The van der Waals surface area contributed by atoms with E-state index in [0.717, 1.165) is 21.8 Å². The second kappa shape index (κ2) is 7.37. The Morgan fingerprint density at radius 3 is 2.45 bits per heavy atom. The standard InChI is InChI=1S/C22H20N2O4S/c1-11-17(12-5-7-15(28-2)8-6-12)16(10-23)21(29-11)24-20(25)18-13-3-4-14(9-13)19(18)22(26)27/h3-8,13-14,18-19H,9H2,1-2H3,(H,24,25)(H,26,27)/t13-,14+,18+,19+/m1/s1. The fourth-order valence-corrected chi connectivity index (χ4v) is 5.59. The predicted molar refractivity (Wildman–Crippen MR) is 110 cm³/mol. The van der Waals surface area contributed by atoms with Gasteiger partial charge in [0.1, 0.15) is 16.8 Å². The zero-order valence-corrected chi connectivity index (χ0v) is 16.8. The van der Waals surface area contributed by atoms with Gasteiger partial charge in [-0.1, -0.05) is 24.3 Å². The van der Waals surface area contributed by atoms with Crippen LogP contribution in [0.2, 0.25) is 0 Å². The number of carboxylic acids is 1. The molecule has 4 rings (SSSR count). The minimum absolute atomic E-state index is 0.0613. The number of carboxylic acid groups (broad SMARTS) is 1. The Labute approximate surface area is 172 Å². The van der Waals surface area contributed by atoms with Crippen molar-refractivity contribution in [2.24, 2.45) is 23.7 Å². The molecule has 0 saturated heterocycles. The van der Waals surface area contributed by atoms with Crippen molar-refractivity contribution in [3.63, 3.8) is 0 Å². The molecule has 1 heterocycles. The first-order valence-electron chi connectivity index (χ1n) is 9.34. The van der Waals surface area contributed by atoms with Crippen LogP contribution in [0.5, 0.6) is 5.75 Å². The molecular formula is C22H20N2O4S. The van der Waals surface area contributed by atoms with Gasteiger partial charge in [0.05, 0.1) is 24.5 Å². The van der Waals surface area contributed by atoms with E-state index in [1.54, 1.807) is 7.11 Å². The van der Waals surface area contributed by atoms with E-state index in [2.05, 4.69) is 11.4 Å². The summed E-state index contributed by atoms with van der Waals surface area (Å²) < 4.78 is 5.19. The van der Waals surface area contributed by atoms with E-state index in [-0.39, 0.29) is 17.7 Å². The van der Waals surface area contributed by atoms with E-state index in [4.69, 9.17) is 4.74 Å². The van der Waals surface area contributed by atoms with Crippen molar-refractivity contribution in [1.29, 1.82) is 5.26 Å². The Kier molecular flexibility index (Phi) is 4.89. The molecule has 2 N–H and O–H groups in total. The number of fused-ring (bicyclic) bond motifs is 2. The van der Waals surface area contributed by atoms with Crippen LogP contribution < -0.4 is 10.1 Å². The van der Waals surface area contributed by atoms with E-state index >= 15 is 0 Å². The Bertz CT molecular complexity index is 1050. The molecule has 6 nitrogen and oxygen atoms in total. The molecule has 4 atom stereocenters. The zero-order valence-electron chi connectivity index (χ0n) is 16.0. The third-order valence-electron chi connectivity index (χ3n) is 5.86. The number of thiophene rings is 1. The van der Waals surface area contributed by atoms with Crippen LogP contribution in [0.3, 0.4) is 0 Å². The monoisotopic (exact) mass is 408 g/mol. The molecule has 2 aliphatic rings. The van der Waals surface area contributed by atoms with E-state index in [1.807, 2.05) is 43.3 Å². The zero-order chi connectivity index (χ0) is 20.7. The van der Waals surface area contributed by atoms with Crippen LogP contribution in [-0.2, 0) is 9.59 Å². The van der Waals surface area contributed by atoms with Crippen LogP contribution in [0.4, 0.5) is 5.00 Å².